The third-order valence-corrected chi connectivity index (χ3v) is 4.38. The number of methoxy groups -OCH3 is 1. The smallest absolute Gasteiger partial charge is 0.229 e. The quantitative estimate of drug-likeness (QED) is 0.875. The molecule has 6 nitrogen and oxygen atoms in total. The summed E-state index contributed by atoms with van der Waals surface area (Å²) in [7, 11) is 1.64. The standard InChI is InChI=1S/C19H21N3O3/c1-25-17-5-3-2-4-14(17)8-11-22-13-15(12-18(22)23)19(24)21-16-6-9-20-10-7-16/h2-7,9-10,15H,8,11-13H2,1H3,(H,20,21,24)/t15-/m0/s1. The molecule has 3 rings (SSSR count). The Morgan fingerprint density at radius 3 is 2.80 bits per heavy atom. The molecule has 0 unspecified atom stereocenters. The summed E-state index contributed by atoms with van der Waals surface area (Å²) in [5.74, 6) is 0.392. The highest BCUT2D eigenvalue weighted by atomic mass is 16.5. The summed E-state index contributed by atoms with van der Waals surface area (Å²) < 4.78 is 5.34. The molecule has 1 aromatic heterocycles. The Kier molecular flexibility index (Phi) is 5.28. The minimum absolute atomic E-state index is 0.0183. The van der Waals surface area contributed by atoms with Crippen LogP contribution in [0, 0.1) is 5.92 Å². The van der Waals surface area contributed by atoms with Crippen LogP contribution in [0.5, 0.6) is 5.75 Å². The van der Waals surface area contributed by atoms with E-state index in [1.165, 1.54) is 0 Å². The van der Waals surface area contributed by atoms with E-state index in [1.54, 1.807) is 36.5 Å². The van der Waals surface area contributed by atoms with E-state index >= 15 is 0 Å². The van der Waals surface area contributed by atoms with Gasteiger partial charge in [-0.3, -0.25) is 14.6 Å². The van der Waals surface area contributed by atoms with Crippen LogP contribution in [0.1, 0.15) is 12.0 Å². The largest absolute Gasteiger partial charge is 0.496 e. The van der Waals surface area contributed by atoms with Crippen molar-refractivity contribution in [2.75, 3.05) is 25.5 Å². The maximum atomic E-state index is 12.4. The molecule has 6 heteroatoms. The number of hydrogen-bond donors (Lipinski definition) is 1. The number of hydrogen-bond acceptors (Lipinski definition) is 4. The number of nitrogens with one attached hydrogen (secondary N) is 1. The number of anilines is 1. The summed E-state index contributed by atoms with van der Waals surface area (Å²) in [6.07, 6.45) is 4.20. The lowest BCUT2D eigenvalue weighted by Gasteiger charge is -2.17. The predicted molar refractivity (Wildman–Crippen MR) is 94.3 cm³/mol. The zero-order valence-corrected chi connectivity index (χ0v) is 14.1. The highest BCUT2D eigenvalue weighted by Crippen LogP contribution is 2.22. The molecule has 1 fully saturated rings. The van der Waals surface area contributed by atoms with Crippen molar-refractivity contribution in [3.8, 4) is 5.75 Å². The summed E-state index contributed by atoms with van der Waals surface area (Å²) in [5, 5.41) is 2.84. The summed E-state index contributed by atoms with van der Waals surface area (Å²) >= 11 is 0. The summed E-state index contributed by atoms with van der Waals surface area (Å²) in [4.78, 5) is 30.2. The van der Waals surface area contributed by atoms with E-state index in [1.807, 2.05) is 24.3 Å². The lowest BCUT2D eigenvalue weighted by atomic mass is 10.1. The molecule has 1 atom stereocenters. The first-order chi connectivity index (χ1) is 12.2. The Hall–Kier alpha value is -2.89. The van der Waals surface area contributed by atoms with Crippen LogP contribution >= 0.6 is 0 Å². The van der Waals surface area contributed by atoms with Crippen LogP contribution in [-0.4, -0.2) is 41.9 Å². The van der Waals surface area contributed by atoms with Gasteiger partial charge in [0.05, 0.1) is 13.0 Å². The molecule has 0 saturated carbocycles. The van der Waals surface area contributed by atoms with Crippen molar-refractivity contribution in [3.63, 3.8) is 0 Å². The molecule has 1 saturated heterocycles. The number of carbonyl (C=O) groups is 2. The molecule has 2 amide bonds. The highest BCUT2D eigenvalue weighted by Gasteiger charge is 2.34. The second kappa shape index (κ2) is 7.79. The minimum atomic E-state index is -0.321. The highest BCUT2D eigenvalue weighted by molar-refractivity contribution is 5.97. The third-order valence-electron chi connectivity index (χ3n) is 4.38. The zero-order chi connectivity index (χ0) is 17.6. The van der Waals surface area contributed by atoms with Gasteiger partial charge >= 0.3 is 0 Å². The lowest BCUT2D eigenvalue weighted by molar-refractivity contribution is -0.128. The van der Waals surface area contributed by atoms with Gasteiger partial charge in [0, 0.05) is 37.6 Å². The Morgan fingerprint density at radius 2 is 2.04 bits per heavy atom. The second-order valence-electron chi connectivity index (χ2n) is 6.03. The first-order valence-corrected chi connectivity index (χ1v) is 8.28. The molecule has 2 heterocycles. The Labute approximate surface area is 146 Å². The number of likely N-dealkylation sites (tertiary alicyclic amines) is 1. The van der Waals surface area contributed by atoms with Crippen LogP contribution in [0.3, 0.4) is 0 Å². The maximum absolute atomic E-state index is 12.4. The first-order valence-electron chi connectivity index (χ1n) is 8.28. The number of para-hydroxylation sites is 1. The third kappa shape index (κ3) is 4.15. The number of rotatable bonds is 6. The molecule has 0 radical (unpaired) electrons. The summed E-state index contributed by atoms with van der Waals surface area (Å²) in [6, 6.07) is 11.2. The van der Waals surface area contributed by atoms with Crippen molar-refractivity contribution in [1.82, 2.24) is 9.88 Å². The van der Waals surface area contributed by atoms with Crippen molar-refractivity contribution in [3.05, 3.63) is 54.4 Å². The van der Waals surface area contributed by atoms with Crippen LogP contribution in [-0.2, 0) is 16.0 Å². The summed E-state index contributed by atoms with van der Waals surface area (Å²) in [5.41, 5.74) is 1.75. The van der Waals surface area contributed by atoms with Gasteiger partial charge < -0.3 is 15.0 Å². The topological polar surface area (TPSA) is 71.5 Å². The Bertz CT molecular complexity index is 749. The minimum Gasteiger partial charge on any atom is -0.496 e. The van der Waals surface area contributed by atoms with Gasteiger partial charge in [0.15, 0.2) is 0 Å². The lowest BCUT2D eigenvalue weighted by Crippen LogP contribution is -2.30. The van der Waals surface area contributed by atoms with Crippen LogP contribution < -0.4 is 10.1 Å². The number of ether oxygens (including phenoxy) is 1. The molecule has 0 aliphatic carbocycles. The van der Waals surface area contributed by atoms with Gasteiger partial charge in [-0.25, -0.2) is 0 Å². The molecule has 1 aliphatic rings. The van der Waals surface area contributed by atoms with Gasteiger partial charge in [0.2, 0.25) is 11.8 Å². The fourth-order valence-corrected chi connectivity index (χ4v) is 3.01. The van der Waals surface area contributed by atoms with Crippen molar-refractivity contribution in [2.45, 2.75) is 12.8 Å². The van der Waals surface area contributed by atoms with Crippen molar-refractivity contribution >= 4 is 17.5 Å². The van der Waals surface area contributed by atoms with Crippen LogP contribution in [0.2, 0.25) is 0 Å². The van der Waals surface area contributed by atoms with Crippen LogP contribution in [0.4, 0.5) is 5.69 Å². The van der Waals surface area contributed by atoms with Crippen molar-refractivity contribution in [2.24, 2.45) is 5.92 Å². The molecule has 0 spiro atoms. The number of amides is 2. The molecular formula is C19H21N3O3. The monoisotopic (exact) mass is 339 g/mol. The second-order valence-corrected chi connectivity index (χ2v) is 6.03. The first kappa shape index (κ1) is 17.0. The number of carbonyl (C=O) groups excluding carboxylic acids is 2. The predicted octanol–water partition coefficient (Wildman–Crippen LogP) is 2.12. The van der Waals surface area contributed by atoms with E-state index in [2.05, 4.69) is 10.3 Å². The van der Waals surface area contributed by atoms with Gasteiger partial charge in [0.1, 0.15) is 5.75 Å². The van der Waals surface area contributed by atoms with Crippen molar-refractivity contribution < 1.29 is 14.3 Å². The van der Waals surface area contributed by atoms with E-state index in [0.717, 1.165) is 11.3 Å². The number of aromatic nitrogens is 1. The van der Waals surface area contributed by atoms with E-state index in [4.69, 9.17) is 4.74 Å². The Morgan fingerprint density at radius 1 is 1.28 bits per heavy atom. The molecule has 1 aliphatic heterocycles. The fourth-order valence-electron chi connectivity index (χ4n) is 3.01. The zero-order valence-electron chi connectivity index (χ0n) is 14.1. The molecular weight excluding hydrogens is 318 g/mol. The van der Waals surface area contributed by atoms with E-state index in [9.17, 15) is 9.59 Å². The molecule has 130 valence electrons. The number of benzene rings is 1. The van der Waals surface area contributed by atoms with Crippen molar-refractivity contribution in [1.29, 1.82) is 0 Å². The van der Waals surface area contributed by atoms with Gasteiger partial charge in [-0.1, -0.05) is 18.2 Å². The van der Waals surface area contributed by atoms with Gasteiger partial charge in [-0.05, 0) is 30.2 Å². The molecule has 25 heavy (non-hydrogen) atoms. The number of nitrogens with zero attached hydrogens (tertiary/aromatic N) is 2. The average molecular weight is 339 g/mol. The Balaban J connectivity index is 1.56. The summed E-state index contributed by atoms with van der Waals surface area (Å²) in [6.45, 7) is 1.03. The van der Waals surface area contributed by atoms with Crippen LogP contribution in [0.15, 0.2) is 48.8 Å². The number of pyridine rings is 1. The normalized spacial score (nSPS) is 16.8. The molecule has 1 N–H and O–H groups in total. The SMILES string of the molecule is COc1ccccc1CCN1C[C@@H](C(=O)Nc2ccncc2)CC1=O. The molecule has 1 aromatic carbocycles. The van der Waals surface area contributed by atoms with Crippen LogP contribution in [0.25, 0.3) is 0 Å². The van der Waals surface area contributed by atoms with Gasteiger partial charge in [-0.15, -0.1) is 0 Å². The van der Waals surface area contributed by atoms with E-state index < -0.39 is 0 Å². The maximum Gasteiger partial charge on any atom is 0.229 e. The average Bonchev–Trinajstić information content (AvgIpc) is 3.02. The van der Waals surface area contributed by atoms with Gasteiger partial charge in [-0.2, -0.15) is 0 Å². The fraction of sp³-hybridized carbons (Fsp3) is 0.316. The van der Waals surface area contributed by atoms with Gasteiger partial charge in [0.25, 0.3) is 0 Å². The van der Waals surface area contributed by atoms with E-state index in [0.29, 0.717) is 25.2 Å². The molecule has 0 bridgehead atoms. The molecule has 2 aromatic rings. The van der Waals surface area contributed by atoms with E-state index in [-0.39, 0.29) is 24.2 Å².